The van der Waals surface area contributed by atoms with Crippen LogP contribution in [0.5, 0.6) is 5.75 Å². The summed E-state index contributed by atoms with van der Waals surface area (Å²) in [5.74, 6) is 0.233. The summed E-state index contributed by atoms with van der Waals surface area (Å²) >= 11 is 0. The number of para-hydroxylation sites is 1. The van der Waals surface area contributed by atoms with Gasteiger partial charge in [0.1, 0.15) is 10.6 Å². The summed E-state index contributed by atoms with van der Waals surface area (Å²) in [6, 6.07) is 6.36. The first-order chi connectivity index (χ1) is 9.63. The monoisotopic (exact) mass is 301 g/mol. The fourth-order valence-corrected chi connectivity index (χ4v) is 3.10. The zero-order valence-corrected chi connectivity index (χ0v) is 12.2. The lowest BCUT2D eigenvalue weighted by molar-refractivity contribution is 0.0218. The Hall–Kier alpha value is -1.15. The molecule has 6 nitrogen and oxygen atoms in total. The Morgan fingerprint density at radius 3 is 2.65 bits per heavy atom. The molecule has 1 saturated carbocycles. The van der Waals surface area contributed by atoms with Gasteiger partial charge in [0.15, 0.2) is 6.79 Å². The molecule has 1 fully saturated rings. The minimum absolute atomic E-state index is 0.0178. The first-order valence-electron chi connectivity index (χ1n) is 6.51. The minimum Gasteiger partial charge on any atom is -0.466 e. The van der Waals surface area contributed by atoms with E-state index in [2.05, 4.69) is 4.89 Å². The molecule has 1 aliphatic carbocycles. The van der Waals surface area contributed by atoms with Crippen LogP contribution in [0.25, 0.3) is 0 Å². The van der Waals surface area contributed by atoms with Gasteiger partial charge < -0.3 is 9.47 Å². The Morgan fingerprint density at radius 1 is 1.25 bits per heavy atom. The van der Waals surface area contributed by atoms with Crippen molar-refractivity contribution in [2.45, 2.75) is 36.7 Å². The maximum atomic E-state index is 12.2. The largest absolute Gasteiger partial charge is 0.466 e. The van der Waals surface area contributed by atoms with Gasteiger partial charge in [0, 0.05) is 7.11 Å². The first-order valence-corrected chi connectivity index (χ1v) is 8.00. The van der Waals surface area contributed by atoms with E-state index in [4.69, 9.17) is 14.3 Å². The Labute approximate surface area is 119 Å². The summed E-state index contributed by atoms with van der Waals surface area (Å²) in [4.78, 5) is 7.48. The molecular weight excluding hydrogens is 282 g/mol. The lowest BCUT2D eigenvalue weighted by atomic mass is 10.3. The van der Waals surface area contributed by atoms with Gasteiger partial charge in [-0.25, -0.2) is 8.42 Å². The summed E-state index contributed by atoms with van der Waals surface area (Å²) in [5.41, 5.74) is 0. The predicted molar refractivity (Wildman–Crippen MR) is 72.6 cm³/mol. The maximum Gasteiger partial charge on any atom is 0.266 e. The van der Waals surface area contributed by atoms with E-state index in [1.165, 1.54) is 13.2 Å². The second kappa shape index (κ2) is 7.03. The molecular formula is C13H19NO5S. The fraction of sp³-hybridized carbons (Fsp3) is 0.538. The molecule has 0 atom stereocenters. The average molecular weight is 301 g/mol. The standard InChI is InChI=1S/C13H19NO5S/c1-17-10-18-12-8-4-5-9-13(12)20(15,16)14-19-11-6-2-3-7-11/h4-5,8-9,11,14H,2-3,6-7,10H2,1H3. The van der Waals surface area contributed by atoms with Crippen molar-refractivity contribution < 1.29 is 22.7 Å². The second-order valence-corrected chi connectivity index (χ2v) is 6.22. The topological polar surface area (TPSA) is 73.9 Å². The molecule has 0 aromatic heterocycles. The number of hydrogen-bond acceptors (Lipinski definition) is 5. The van der Waals surface area contributed by atoms with Crippen LogP contribution in [-0.2, 0) is 19.6 Å². The normalized spacial score (nSPS) is 16.4. The van der Waals surface area contributed by atoms with Crippen molar-refractivity contribution in [1.82, 2.24) is 4.89 Å². The predicted octanol–water partition coefficient (Wildman–Crippen LogP) is 1.82. The van der Waals surface area contributed by atoms with Crippen molar-refractivity contribution in [3.63, 3.8) is 0 Å². The molecule has 1 aromatic carbocycles. The maximum absolute atomic E-state index is 12.2. The van der Waals surface area contributed by atoms with Gasteiger partial charge in [-0.1, -0.05) is 29.9 Å². The van der Waals surface area contributed by atoms with Crippen molar-refractivity contribution in [1.29, 1.82) is 0 Å². The summed E-state index contributed by atoms with van der Waals surface area (Å²) in [6.07, 6.45) is 3.85. The van der Waals surface area contributed by atoms with Crippen molar-refractivity contribution in [2.75, 3.05) is 13.9 Å². The van der Waals surface area contributed by atoms with Crippen molar-refractivity contribution in [2.24, 2.45) is 0 Å². The SMILES string of the molecule is COCOc1ccccc1S(=O)(=O)NOC1CCCC1. The van der Waals surface area contributed by atoms with Gasteiger partial charge in [-0.15, -0.1) is 0 Å². The van der Waals surface area contributed by atoms with Gasteiger partial charge in [0.25, 0.3) is 10.0 Å². The number of benzene rings is 1. The summed E-state index contributed by atoms with van der Waals surface area (Å²) < 4.78 is 34.5. The third-order valence-corrected chi connectivity index (χ3v) is 4.33. The van der Waals surface area contributed by atoms with Crippen LogP contribution in [0, 0.1) is 0 Å². The van der Waals surface area contributed by atoms with E-state index in [1.807, 2.05) is 0 Å². The lowest BCUT2D eigenvalue weighted by Gasteiger charge is -2.14. The Balaban J connectivity index is 2.07. The van der Waals surface area contributed by atoms with E-state index in [1.54, 1.807) is 18.2 Å². The number of rotatable bonds is 7. The highest BCUT2D eigenvalue weighted by atomic mass is 32.2. The molecule has 0 aliphatic heterocycles. The van der Waals surface area contributed by atoms with Crippen molar-refractivity contribution >= 4 is 10.0 Å². The molecule has 20 heavy (non-hydrogen) atoms. The van der Waals surface area contributed by atoms with Gasteiger partial charge in [-0.05, 0) is 25.0 Å². The highest BCUT2D eigenvalue weighted by molar-refractivity contribution is 7.89. The molecule has 0 unspecified atom stereocenters. The molecule has 1 aromatic rings. The van der Waals surface area contributed by atoms with Crippen molar-refractivity contribution in [3.8, 4) is 5.75 Å². The van der Waals surface area contributed by atoms with Gasteiger partial charge in [-0.2, -0.15) is 0 Å². The van der Waals surface area contributed by atoms with Crippen LogP contribution in [-0.4, -0.2) is 28.4 Å². The smallest absolute Gasteiger partial charge is 0.266 e. The van der Waals surface area contributed by atoms with Crippen LogP contribution in [0.3, 0.4) is 0 Å². The van der Waals surface area contributed by atoms with Crippen LogP contribution < -0.4 is 9.62 Å². The molecule has 0 saturated heterocycles. The van der Waals surface area contributed by atoms with Gasteiger partial charge >= 0.3 is 0 Å². The van der Waals surface area contributed by atoms with Crippen LogP contribution in [0.15, 0.2) is 29.2 Å². The highest BCUT2D eigenvalue weighted by Crippen LogP contribution is 2.24. The lowest BCUT2D eigenvalue weighted by Crippen LogP contribution is -2.28. The second-order valence-electron chi connectivity index (χ2n) is 4.61. The van der Waals surface area contributed by atoms with Gasteiger partial charge in [0.2, 0.25) is 0 Å². The van der Waals surface area contributed by atoms with Crippen LogP contribution in [0.1, 0.15) is 25.7 Å². The summed E-state index contributed by atoms with van der Waals surface area (Å²) in [6.45, 7) is -0.0178. The average Bonchev–Trinajstić information content (AvgIpc) is 2.97. The summed E-state index contributed by atoms with van der Waals surface area (Å²) in [7, 11) is -2.29. The molecule has 7 heteroatoms. The molecule has 2 rings (SSSR count). The minimum atomic E-state index is -3.76. The van der Waals surface area contributed by atoms with E-state index in [-0.39, 0.29) is 23.5 Å². The number of hydrogen-bond donors (Lipinski definition) is 1. The summed E-state index contributed by atoms with van der Waals surface area (Å²) in [5, 5.41) is 0. The highest BCUT2D eigenvalue weighted by Gasteiger charge is 2.23. The number of sulfonamides is 1. The zero-order valence-electron chi connectivity index (χ0n) is 11.4. The molecule has 112 valence electrons. The van der Waals surface area contributed by atoms with E-state index in [0.29, 0.717) is 0 Å². The first kappa shape index (κ1) is 15.2. The van der Waals surface area contributed by atoms with E-state index < -0.39 is 10.0 Å². The molecule has 0 radical (unpaired) electrons. The fourth-order valence-electron chi connectivity index (χ4n) is 2.10. The zero-order chi connectivity index (χ0) is 14.4. The van der Waals surface area contributed by atoms with Crippen LogP contribution in [0.4, 0.5) is 0 Å². The third-order valence-electron chi connectivity index (χ3n) is 3.10. The van der Waals surface area contributed by atoms with Crippen LogP contribution >= 0.6 is 0 Å². The number of nitrogens with one attached hydrogen (secondary N) is 1. The molecule has 0 amide bonds. The van der Waals surface area contributed by atoms with E-state index in [9.17, 15) is 8.42 Å². The van der Waals surface area contributed by atoms with Crippen LogP contribution in [0.2, 0.25) is 0 Å². The van der Waals surface area contributed by atoms with E-state index in [0.717, 1.165) is 25.7 Å². The molecule has 1 N–H and O–H groups in total. The quantitative estimate of drug-likeness (QED) is 0.614. The third kappa shape index (κ3) is 3.92. The molecule has 0 bridgehead atoms. The number of methoxy groups -OCH3 is 1. The number of ether oxygens (including phenoxy) is 2. The van der Waals surface area contributed by atoms with Gasteiger partial charge in [0.05, 0.1) is 6.10 Å². The Kier molecular flexibility index (Phi) is 5.36. The Bertz CT molecular complexity index is 525. The van der Waals surface area contributed by atoms with E-state index >= 15 is 0 Å². The Morgan fingerprint density at radius 2 is 1.95 bits per heavy atom. The molecule has 0 spiro atoms. The van der Waals surface area contributed by atoms with Gasteiger partial charge in [-0.3, -0.25) is 4.84 Å². The molecule has 0 heterocycles. The van der Waals surface area contributed by atoms with Crippen molar-refractivity contribution in [3.05, 3.63) is 24.3 Å². The molecule has 1 aliphatic rings.